The number of nitrogens with zero attached hydrogens (tertiary/aromatic N) is 5. The van der Waals surface area contributed by atoms with E-state index < -0.39 is 23.1 Å². The van der Waals surface area contributed by atoms with Crippen molar-refractivity contribution in [1.82, 2.24) is 14.9 Å². The summed E-state index contributed by atoms with van der Waals surface area (Å²) in [6.07, 6.45) is -3.08. The monoisotopic (exact) mass is 468 g/mol. The average Bonchev–Trinajstić information content (AvgIpc) is 3.31. The zero-order chi connectivity index (χ0) is 23.6. The molecule has 1 aliphatic carbocycles. The van der Waals surface area contributed by atoms with Crippen LogP contribution in [-0.2, 0) is 6.18 Å². The molecule has 0 amide bonds. The molecule has 0 bridgehead atoms. The van der Waals surface area contributed by atoms with Crippen LogP contribution in [0, 0.1) is 12.3 Å². The van der Waals surface area contributed by atoms with Crippen molar-refractivity contribution in [2.24, 2.45) is 5.41 Å². The van der Waals surface area contributed by atoms with E-state index in [2.05, 4.69) is 20.2 Å². The number of nitrogens with one attached hydrogen (secondary N) is 1. The van der Waals surface area contributed by atoms with Crippen molar-refractivity contribution in [2.75, 3.05) is 61.4 Å². The van der Waals surface area contributed by atoms with Gasteiger partial charge in [0.05, 0.1) is 11.0 Å². The third kappa shape index (κ3) is 3.96. The molecule has 2 aromatic rings. The van der Waals surface area contributed by atoms with E-state index in [0.29, 0.717) is 32.0 Å². The summed E-state index contributed by atoms with van der Waals surface area (Å²) in [5.74, 6) is -1.98. The summed E-state index contributed by atoms with van der Waals surface area (Å²) < 4.78 is 68.6. The zero-order valence-corrected chi connectivity index (χ0v) is 18.4. The van der Waals surface area contributed by atoms with Crippen LogP contribution in [0.1, 0.15) is 17.5 Å². The smallest absolute Gasteiger partial charge is 0.368 e. The number of hydrogen-bond acceptors (Lipinski definition) is 6. The van der Waals surface area contributed by atoms with Crippen LogP contribution in [0.15, 0.2) is 24.4 Å². The highest BCUT2D eigenvalue weighted by atomic mass is 19.4. The van der Waals surface area contributed by atoms with Gasteiger partial charge in [-0.25, -0.2) is 13.8 Å². The third-order valence-electron chi connectivity index (χ3n) is 6.84. The Morgan fingerprint density at radius 2 is 1.70 bits per heavy atom. The van der Waals surface area contributed by atoms with Crippen LogP contribution < -0.4 is 15.1 Å². The first kappa shape index (κ1) is 22.1. The molecule has 0 atom stereocenters. The molecule has 3 fully saturated rings. The summed E-state index contributed by atoms with van der Waals surface area (Å²) in [6.45, 7) is 4.65. The number of halogens is 5. The third-order valence-corrected chi connectivity index (χ3v) is 6.84. The first-order valence-electron chi connectivity index (χ1n) is 10.9. The molecule has 0 unspecified atom stereocenters. The maximum Gasteiger partial charge on any atom is 0.418 e. The number of aryl methyl sites for hydroxylation is 1. The Bertz CT molecular complexity index is 1060. The minimum atomic E-state index is -4.52. The Morgan fingerprint density at radius 3 is 2.30 bits per heavy atom. The van der Waals surface area contributed by atoms with Gasteiger partial charge in [0.1, 0.15) is 5.82 Å². The van der Waals surface area contributed by atoms with Crippen LogP contribution in [0.5, 0.6) is 0 Å². The highest BCUT2D eigenvalue weighted by Gasteiger charge is 2.76. The lowest BCUT2D eigenvalue weighted by molar-refractivity contribution is -0.137. The molecule has 1 saturated carbocycles. The fourth-order valence-corrected chi connectivity index (χ4v) is 4.66. The first-order valence-corrected chi connectivity index (χ1v) is 10.9. The topological polar surface area (TPSA) is 47.5 Å². The van der Waals surface area contributed by atoms with Gasteiger partial charge in [-0.3, -0.25) is 0 Å². The van der Waals surface area contributed by atoms with Gasteiger partial charge >= 0.3 is 6.18 Å². The number of rotatable bonds is 4. The van der Waals surface area contributed by atoms with Crippen molar-refractivity contribution in [3.8, 4) is 0 Å². The van der Waals surface area contributed by atoms with Gasteiger partial charge in [0.25, 0.3) is 5.92 Å². The van der Waals surface area contributed by atoms with Gasteiger partial charge in [0.2, 0.25) is 5.95 Å². The standard InChI is InChI=1S/C22H25F5N6/c1-14-10-28-19(30-18(14)33-12-20(13-33)11-21(20,23)24)29-15-3-4-17(16(9-15)22(25,26)27)32-7-5-31(2)6-8-32/h3-4,9-10H,5-8,11-13H2,1-2H3,(H,28,29,30). The van der Waals surface area contributed by atoms with Crippen molar-refractivity contribution in [3.05, 3.63) is 35.5 Å². The fraction of sp³-hybridized carbons (Fsp3) is 0.545. The number of piperazine rings is 1. The Kier molecular flexibility index (Phi) is 4.97. The summed E-state index contributed by atoms with van der Waals surface area (Å²) >= 11 is 0. The van der Waals surface area contributed by atoms with E-state index >= 15 is 0 Å². The van der Waals surface area contributed by atoms with Gasteiger partial charge in [-0.15, -0.1) is 0 Å². The van der Waals surface area contributed by atoms with Crippen LogP contribution in [0.25, 0.3) is 0 Å². The van der Waals surface area contributed by atoms with Crippen molar-refractivity contribution in [2.45, 2.75) is 25.4 Å². The molecular formula is C22H25F5N6. The predicted octanol–water partition coefficient (Wildman–Crippen LogP) is 4.14. The Labute approximate surface area is 188 Å². The minimum Gasteiger partial charge on any atom is -0.368 e. The second-order valence-corrected chi connectivity index (χ2v) is 9.36. The van der Waals surface area contributed by atoms with Crippen LogP contribution in [-0.4, -0.2) is 67.1 Å². The van der Waals surface area contributed by atoms with Gasteiger partial charge in [0.15, 0.2) is 0 Å². The van der Waals surface area contributed by atoms with Gasteiger partial charge < -0.3 is 20.0 Å². The second-order valence-electron chi connectivity index (χ2n) is 9.36. The van der Waals surface area contributed by atoms with Gasteiger partial charge in [-0.2, -0.15) is 18.2 Å². The number of aromatic nitrogens is 2. The number of anilines is 4. The molecule has 2 aliphatic heterocycles. The van der Waals surface area contributed by atoms with E-state index in [1.165, 1.54) is 6.07 Å². The Morgan fingerprint density at radius 1 is 1.03 bits per heavy atom. The van der Waals surface area contributed by atoms with E-state index in [1.807, 2.05) is 7.05 Å². The lowest BCUT2D eigenvalue weighted by Crippen LogP contribution is -2.52. The summed E-state index contributed by atoms with van der Waals surface area (Å²) in [5.41, 5.74) is -0.573. The molecule has 1 spiro atoms. The highest BCUT2D eigenvalue weighted by molar-refractivity contribution is 5.66. The lowest BCUT2D eigenvalue weighted by atomic mass is 9.95. The van der Waals surface area contributed by atoms with Crippen molar-refractivity contribution < 1.29 is 22.0 Å². The van der Waals surface area contributed by atoms with Crippen molar-refractivity contribution in [3.63, 3.8) is 0 Å². The maximum atomic E-state index is 13.9. The quantitative estimate of drug-likeness (QED) is 0.681. The molecule has 11 heteroatoms. The number of benzene rings is 1. The maximum absolute atomic E-state index is 13.9. The molecule has 1 aromatic heterocycles. The van der Waals surface area contributed by atoms with Gasteiger partial charge in [-0.1, -0.05) is 0 Å². The van der Waals surface area contributed by atoms with E-state index in [0.717, 1.165) is 11.6 Å². The van der Waals surface area contributed by atoms with Crippen molar-refractivity contribution in [1.29, 1.82) is 0 Å². The number of alkyl halides is 5. The van der Waals surface area contributed by atoms with Crippen molar-refractivity contribution >= 4 is 23.1 Å². The SMILES string of the molecule is Cc1cnc(Nc2ccc(N3CCN(C)CC3)c(C(F)(F)F)c2)nc1N1CC2(C1)CC2(F)F. The summed E-state index contributed by atoms with van der Waals surface area (Å²) in [6, 6.07) is 4.12. The lowest BCUT2D eigenvalue weighted by Gasteiger charge is -2.41. The van der Waals surface area contributed by atoms with Crippen LogP contribution in [0.4, 0.5) is 45.1 Å². The zero-order valence-electron chi connectivity index (χ0n) is 18.4. The van der Waals surface area contributed by atoms with E-state index in [1.54, 1.807) is 29.0 Å². The summed E-state index contributed by atoms with van der Waals surface area (Å²) in [5, 5.41) is 2.85. The van der Waals surface area contributed by atoms with Gasteiger partial charge in [0, 0.05) is 68.8 Å². The molecule has 0 radical (unpaired) electrons. The molecular weight excluding hydrogens is 443 g/mol. The molecule has 178 valence electrons. The summed E-state index contributed by atoms with van der Waals surface area (Å²) in [7, 11) is 1.95. The van der Waals surface area contributed by atoms with E-state index in [4.69, 9.17) is 0 Å². The highest BCUT2D eigenvalue weighted by Crippen LogP contribution is 2.65. The second kappa shape index (κ2) is 7.41. The Hall–Kier alpha value is -2.69. The van der Waals surface area contributed by atoms with Crippen LogP contribution >= 0.6 is 0 Å². The predicted molar refractivity (Wildman–Crippen MR) is 115 cm³/mol. The van der Waals surface area contributed by atoms with E-state index in [-0.39, 0.29) is 36.8 Å². The van der Waals surface area contributed by atoms with Gasteiger partial charge in [-0.05, 0) is 32.2 Å². The molecule has 1 N–H and O–H groups in total. The van der Waals surface area contributed by atoms with E-state index in [9.17, 15) is 22.0 Å². The molecule has 2 saturated heterocycles. The van der Waals surface area contributed by atoms with Crippen LogP contribution in [0.2, 0.25) is 0 Å². The number of likely N-dealkylation sites (N-methyl/N-ethyl adjacent to an activating group) is 1. The molecule has 3 heterocycles. The van der Waals surface area contributed by atoms with Crippen LogP contribution in [0.3, 0.4) is 0 Å². The first-order chi connectivity index (χ1) is 15.5. The number of hydrogen-bond donors (Lipinski definition) is 1. The Balaban J connectivity index is 1.36. The fourth-order valence-electron chi connectivity index (χ4n) is 4.66. The molecule has 33 heavy (non-hydrogen) atoms. The molecule has 5 rings (SSSR count). The summed E-state index contributed by atoms with van der Waals surface area (Å²) in [4.78, 5) is 14.2. The molecule has 1 aromatic carbocycles. The molecule has 6 nitrogen and oxygen atoms in total. The largest absolute Gasteiger partial charge is 0.418 e. The average molecular weight is 468 g/mol. The molecule has 3 aliphatic rings. The minimum absolute atomic E-state index is 0.106. The normalized spacial score (nSPS) is 21.8.